The van der Waals surface area contributed by atoms with E-state index in [4.69, 9.17) is 10.00 Å². The van der Waals surface area contributed by atoms with Crippen LogP contribution < -0.4 is 4.74 Å². The van der Waals surface area contributed by atoms with Crippen molar-refractivity contribution in [2.45, 2.75) is 24.7 Å². The molecule has 3 aromatic carbocycles. The zero-order chi connectivity index (χ0) is 31.3. The molecule has 0 aliphatic rings. The molecule has 0 saturated carbocycles. The summed E-state index contributed by atoms with van der Waals surface area (Å²) in [7, 11) is 0. The second-order valence-corrected chi connectivity index (χ2v) is 9.49. The number of ether oxygens (including phenoxy) is 1. The van der Waals surface area contributed by atoms with Gasteiger partial charge in [0.15, 0.2) is 5.60 Å². The number of rotatable bonds is 8. The Kier molecular flexibility index (Phi) is 8.33. The Labute approximate surface area is 247 Å². The number of aliphatic hydroxyl groups is 1. The zero-order valence-electron chi connectivity index (χ0n) is 22.4. The minimum absolute atomic E-state index is 0.124. The van der Waals surface area contributed by atoms with Crippen molar-refractivity contribution in [3.63, 3.8) is 0 Å². The molecule has 0 fully saturated rings. The van der Waals surface area contributed by atoms with E-state index in [1.54, 1.807) is 30.3 Å². The zero-order valence-corrected chi connectivity index (χ0v) is 22.4. The second-order valence-electron chi connectivity index (χ2n) is 9.49. The van der Waals surface area contributed by atoms with Gasteiger partial charge in [-0.15, -0.1) is 5.10 Å². The second kappa shape index (κ2) is 12.3. The number of halogens is 5. The molecule has 220 valence electrons. The standard InChI is InChI=1S/C31H19F5N6O2/c32-24-8-10-26(28(34)14-24)30(43,18-42-19-39-40-41-42)31(35,36)29-12-7-21(16-38-29)4-1-20-2-5-22(6-3-20)17-44-25-9-11-27(33)23(13-25)15-37/h2-3,5-14,16,19,43H,17-18H2. The molecule has 2 aromatic heterocycles. The molecule has 1 N–H and O–H groups in total. The lowest BCUT2D eigenvalue weighted by Gasteiger charge is -2.35. The van der Waals surface area contributed by atoms with Crippen molar-refractivity contribution in [2.24, 2.45) is 0 Å². The predicted molar refractivity (Wildman–Crippen MR) is 144 cm³/mol. The highest BCUT2D eigenvalue weighted by Crippen LogP contribution is 2.46. The van der Waals surface area contributed by atoms with E-state index in [0.717, 1.165) is 47.0 Å². The monoisotopic (exact) mass is 602 g/mol. The number of alkyl halides is 2. The van der Waals surface area contributed by atoms with Crippen molar-refractivity contribution in [3.05, 3.63) is 136 Å². The summed E-state index contributed by atoms with van der Waals surface area (Å²) < 4.78 is 79.8. The van der Waals surface area contributed by atoms with Crippen LogP contribution in [0.5, 0.6) is 5.75 Å². The third-order valence-corrected chi connectivity index (χ3v) is 6.53. The van der Waals surface area contributed by atoms with Crippen LogP contribution in [0, 0.1) is 40.6 Å². The molecule has 0 bridgehead atoms. The molecule has 1 unspecified atom stereocenters. The smallest absolute Gasteiger partial charge is 0.323 e. The van der Waals surface area contributed by atoms with Crippen LogP contribution in [0.2, 0.25) is 0 Å². The highest BCUT2D eigenvalue weighted by Gasteiger charge is 2.58. The summed E-state index contributed by atoms with van der Waals surface area (Å²) in [6.45, 7) is -0.810. The number of aromatic nitrogens is 5. The number of pyridine rings is 1. The normalized spacial score (nSPS) is 12.5. The van der Waals surface area contributed by atoms with Gasteiger partial charge in [-0.2, -0.15) is 14.0 Å². The van der Waals surface area contributed by atoms with Crippen molar-refractivity contribution in [1.82, 2.24) is 25.2 Å². The molecule has 8 nitrogen and oxygen atoms in total. The average Bonchev–Trinajstić information content (AvgIpc) is 3.53. The Morgan fingerprint density at radius 2 is 1.64 bits per heavy atom. The van der Waals surface area contributed by atoms with E-state index in [-0.39, 0.29) is 17.7 Å². The summed E-state index contributed by atoms with van der Waals surface area (Å²) in [5.74, 6) is -1.19. The van der Waals surface area contributed by atoms with Crippen molar-refractivity contribution in [2.75, 3.05) is 0 Å². The lowest BCUT2D eigenvalue weighted by Crippen LogP contribution is -2.48. The van der Waals surface area contributed by atoms with Crippen LogP contribution in [-0.4, -0.2) is 30.3 Å². The summed E-state index contributed by atoms with van der Waals surface area (Å²) in [6.07, 6.45) is 2.04. The van der Waals surface area contributed by atoms with E-state index in [2.05, 4.69) is 32.4 Å². The van der Waals surface area contributed by atoms with Crippen LogP contribution in [0.15, 0.2) is 85.3 Å². The molecule has 44 heavy (non-hydrogen) atoms. The molecule has 2 heterocycles. The van der Waals surface area contributed by atoms with Crippen LogP contribution in [0.1, 0.15) is 33.5 Å². The van der Waals surface area contributed by atoms with Gasteiger partial charge in [0.2, 0.25) is 0 Å². The summed E-state index contributed by atoms with van der Waals surface area (Å²) in [4.78, 5) is 3.79. The van der Waals surface area contributed by atoms with E-state index >= 15 is 8.78 Å². The highest BCUT2D eigenvalue weighted by atomic mass is 19.3. The molecular formula is C31H19F5N6O2. The molecule has 0 aliphatic carbocycles. The van der Waals surface area contributed by atoms with Crippen molar-refractivity contribution in [3.8, 4) is 23.7 Å². The predicted octanol–water partition coefficient (Wildman–Crippen LogP) is 5.02. The third-order valence-electron chi connectivity index (χ3n) is 6.53. The van der Waals surface area contributed by atoms with E-state index in [1.165, 1.54) is 18.2 Å². The number of nitrogens with zero attached hydrogens (tertiary/aromatic N) is 6. The first-order valence-electron chi connectivity index (χ1n) is 12.8. The summed E-state index contributed by atoms with van der Waals surface area (Å²) in [5.41, 5.74) is -3.49. The number of benzene rings is 3. The van der Waals surface area contributed by atoms with Gasteiger partial charge in [0.1, 0.15) is 47.9 Å². The number of tetrazole rings is 1. The third kappa shape index (κ3) is 6.23. The Morgan fingerprint density at radius 3 is 2.30 bits per heavy atom. The number of nitriles is 1. The van der Waals surface area contributed by atoms with Crippen molar-refractivity contribution in [1.29, 1.82) is 5.26 Å². The number of hydrogen-bond acceptors (Lipinski definition) is 7. The molecule has 0 saturated heterocycles. The van der Waals surface area contributed by atoms with E-state index in [0.29, 0.717) is 17.4 Å². The molecule has 13 heteroatoms. The highest BCUT2D eigenvalue weighted by molar-refractivity contribution is 5.43. The van der Waals surface area contributed by atoms with Crippen LogP contribution in [0.4, 0.5) is 22.0 Å². The van der Waals surface area contributed by atoms with Gasteiger partial charge in [-0.25, -0.2) is 17.9 Å². The van der Waals surface area contributed by atoms with Crippen molar-refractivity contribution < 1.29 is 31.8 Å². The van der Waals surface area contributed by atoms with Gasteiger partial charge in [0, 0.05) is 35.0 Å². The van der Waals surface area contributed by atoms with Crippen molar-refractivity contribution >= 4 is 0 Å². The van der Waals surface area contributed by atoms with Gasteiger partial charge in [-0.1, -0.05) is 24.0 Å². The van der Waals surface area contributed by atoms with Crippen LogP contribution in [0.3, 0.4) is 0 Å². The Morgan fingerprint density at radius 1 is 0.886 bits per heavy atom. The maximum Gasteiger partial charge on any atom is 0.323 e. The molecule has 0 aliphatic heterocycles. The van der Waals surface area contributed by atoms with Gasteiger partial charge < -0.3 is 9.84 Å². The molecule has 0 radical (unpaired) electrons. The molecule has 0 amide bonds. The molecule has 0 spiro atoms. The molecule has 5 rings (SSSR count). The first kappa shape index (κ1) is 29.8. The topological polar surface area (TPSA) is 110 Å². The SMILES string of the molecule is N#Cc1cc(OCc2ccc(C#Cc3ccc(C(F)(F)C(O)(Cn4cnnn4)c4ccc(F)cc4F)nc3)cc2)ccc1F. The van der Waals surface area contributed by atoms with Gasteiger partial charge in [0.25, 0.3) is 0 Å². The minimum Gasteiger partial charge on any atom is -0.489 e. The fourth-order valence-electron chi connectivity index (χ4n) is 4.21. The van der Waals surface area contributed by atoms with Gasteiger partial charge >= 0.3 is 5.92 Å². The van der Waals surface area contributed by atoms with Gasteiger partial charge in [0.05, 0.1) is 12.1 Å². The quantitative estimate of drug-likeness (QED) is 0.196. The van der Waals surface area contributed by atoms with E-state index in [9.17, 15) is 18.3 Å². The van der Waals surface area contributed by atoms with Gasteiger partial charge in [-0.3, -0.25) is 4.98 Å². The summed E-state index contributed by atoms with van der Waals surface area (Å²) in [5, 5.41) is 30.4. The first-order chi connectivity index (χ1) is 21.1. The maximum atomic E-state index is 15.9. The summed E-state index contributed by atoms with van der Waals surface area (Å²) in [6, 6.07) is 16.6. The fourth-order valence-corrected chi connectivity index (χ4v) is 4.21. The number of hydrogen-bond donors (Lipinski definition) is 1. The molecular weight excluding hydrogens is 583 g/mol. The van der Waals surface area contributed by atoms with Gasteiger partial charge in [-0.05, 0) is 64.5 Å². The van der Waals surface area contributed by atoms with Crippen LogP contribution in [-0.2, 0) is 24.7 Å². The minimum atomic E-state index is -4.19. The van der Waals surface area contributed by atoms with Crippen LogP contribution >= 0.6 is 0 Å². The Balaban J connectivity index is 1.31. The Hall–Kier alpha value is -5.66. The lowest BCUT2D eigenvalue weighted by atomic mass is 9.84. The molecule has 5 aromatic rings. The summed E-state index contributed by atoms with van der Waals surface area (Å²) >= 11 is 0. The largest absolute Gasteiger partial charge is 0.489 e. The van der Waals surface area contributed by atoms with Crippen LogP contribution in [0.25, 0.3) is 0 Å². The average molecular weight is 603 g/mol. The Bertz CT molecular complexity index is 1880. The van der Waals surface area contributed by atoms with E-state index in [1.807, 2.05) is 0 Å². The fraction of sp³-hybridized carbons (Fsp3) is 0.129. The molecule has 1 atom stereocenters. The lowest BCUT2D eigenvalue weighted by molar-refractivity contribution is -0.207. The van der Waals surface area contributed by atoms with E-state index < -0.39 is 46.8 Å². The first-order valence-corrected chi connectivity index (χ1v) is 12.8. The maximum absolute atomic E-state index is 15.9.